The molecule has 2 aromatic rings. The van der Waals surface area contributed by atoms with E-state index >= 15 is 0 Å². The summed E-state index contributed by atoms with van der Waals surface area (Å²) in [5.41, 5.74) is 0.247. The predicted molar refractivity (Wildman–Crippen MR) is 66.8 cm³/mol. The van der Waals surface area contributed by atoms with Crippen molar-refractivity contribution in [1.82, 2.24) is 25.2 Å². The van der Waals surface area contributed by atoms with Crippen molar-refractivity contribution in [3.8, 4) is 0 Å². The van der Waals surface area contributed by atoms with Gasteiger partial charge < -0.3 is 4.74 Å². The molecule has 0 aromatic carbocycles. The number of ether oxygens (including phenoxy) is 1. The van der Waals surface area contributed by atoms with Gasteiger partial charge in [0, 0.05) is 13.7 Å². The maximum atomic E-state index is 11.8. The Morgan fingerprint density at radius 3 is 3.11 bits per heavy atom. The molecule has 2 aromatic heterocycles. The fourth-order valence-corrected chi connectivity index (χ4v) is 2.62. The molecule has 0 aliphatic carbocycles. The van der Waals surface area contributed by atoms with Crippen molar-refractivity contribution >= 4 is 22.4 Å². The van der Waals surface area contributed by atoms with Gasteiger partial charge in [-0.05, 0) is 12.8 Å². The Bertz CT molecular complexity index is 588. The molecule has 1 atom stereocenters. The van der Waals surface area contributed by atoms with Crippen LogP contribution in [0.1, 0.15) is 34.4 Å². The minimum atomic E-state index is -0.344. The third-order valence-electron chi connectivity index (χ3n) is 2.70. The number of aryl methyl sites for hydroxylation is 1. The first-order valence-electron chi connectivity index (χ1n) is 5.85. The van der Waals surface area contributed by atoms with E-state index in [2.05, 4.69) is 25.8 Å². The summed E-state index contributed by atoms with van der Waals surface area (Å²) in [5.74, 6) is -0.344. The zero-order valence-electron chi connectivity index (χ0n) is 10.2. The van der Waals surface area contributed by atoms with Crippen molar-refractivity contribution in [3.63, 3.8) is 0 Å². The van der Waals surface area contributed by atoms with Crippen LogP contribution in [0.4, 0.5) is 5.13 Å². The second-order valence-electron chi connectivity index (χ2n) is 4.18. The topological polar surface area (TPSA) is 94.8 Å². The van der Waals surface area contributed by atoms with Crippen LogP contribution in [0.15, 0.2) is 6.20 Å². The van der Waals surface area contributed by atoms with Gasteiger partial charge in [-0.15, -0.1) is 15.3 Å². The van der Waals surface area contributed by atoms with Gasteiger partial charge >= 0.3 is 0 Å². The fourth-order valence-electron chi connectivity index (χ4n) is 1.80. The molecule has 3 heterocycles. The van der Waals surface area contributed by atoms with Crippen molar-refractivity contribution in [2.24, 2.45) is 7.05 Å². The standard InChI is InChI=1S/C10H12N6O2S/c1-16-5-6(12-15-16)8(17)11-10-14-13-9(19-10)7-3-2-4-18-7/h5,7H,2-4H2,1H3,(H,11,14,17). The molecule has 19 heavy (non-hydrogen) atoms. The summed E-state index contributed by atoms with van der Waals surface area (Å²) in [6.07, 6.45) is 3.54. The lowest BCUT2D eigenvalue weighted by Gasteiger charge is -2.01. The minimum Gasteiger partial charge on any atom is -0.371 e. The molecule has 0 saturated carbocycles. The van der Waals surface area contributed by atoms with Gasteiger partial charge in [0.2, 0.25) is 5.13 Å². The number of aromatic nitrogens is 5. The summed E-state index contributed by atoms with van der Waals surface area (Å²) < 4.78 is 6.98. The van der Waals surface area contributed by atoms with Gasteiger partial charge in [0.1, 0.15) is 11.1 Å². The average molecular weight is 280 g/mol. The summed E-state index contributed by atoms with van der Waals surface area (Å²) in [5, 5.41) is 19.3. The van der Waals surface area contributed by atoms with Crippen LogP contribution in [-0.2, 0) is 11.8 Å². The highest BCUT2D eigenvalue weighted by atomic mass is 32.1. The Morgan fingerprint density at radius 2 is 2.42 bits per heavy atom. The maximum Gasteiger partial charge on any atom is 0.279 e. The molecular weight excluding hydrogens is 268 g/mol. The summed E-state index contributed by atoms with van der Waals surface area (Å²) in [7, 11) is 1.70. The summed E-state index contributed by atoms with van der Waals surface area (Å²) in [6, 6.07) is 0. The molecule has 1 unspecified atom stereocenters. The number of nitrogens with zero attached hydrogens (tertiary/aromatic N) is 5. The van der Waals surface area contributed by atoms with Crippen molar-refractivity contribution in [1.29, 1.82) is 0 Å². The molecule has 8 nitrogen and oxygen atoms in total. The van der Waals surface area contributed by atoms with E-state index in [4.69, 9.17) is 4.74 Å². The Balaban J connectivity index is 1.68. The van der Waals surface area contributed by atoms with Crippen LogP contribution >= 0.6 is 11.3 Å². The number of carbonyl (C=O) groups excluding carboxylic acids is 1. The zero-order valence-corrected chi connectivity index (χ0v) is 11.1. The van der Waals surface area contributed by atoms with E-state index in [-0.39, 0.29) is 17.7 Å². The van der Waals surface area contributed by atoms with E-state index in [9.17, 15) is 4.79 Å². The van der Waals surface area contributed by atoms with Crippen LogP contribution in [0.3, 0.4) is 0 Å². The summed E-state index contributed by atoms with van der Waals surface area (Å²) in [6.45, 7) is 0.755. The lowest BCUT2D eigenvalue weighted by Crippen LogP contribution is -2.12. The number of amides is 1. The van der Waals surface area contributed by atoms with E-state index in [1.807, 2.05) is 0 Å². The highest BCUT2D eigenvalue weighted by Crippen LogP contribution is 2.31. The van der Waals surface area contributed by atoms with Crippen LogP contribution in [0.5, 0.6) is 0 Å². The van der Waals surface area contributed by atoms with Gasteiger partial charge in [0.25, 0.3) is 5.91 Å². The molecule has 1 N–H and O–H groups in total. The molecular formula is C10H12N6O2S. The predicted octanol–water partition coefficient (Wildman–Crippen LogP) is 0.770. The van der Waals surface area contributed by atoms with Gasteiger partial charge in [-0.3, -0.25) is 14.8 Å². The zero-order chi connectivity index (χ0) is 13.2. The molecule has 100 valence electrons. The largest absolute Gasteiger partial charge is 0.371 e. The van der Waals surface area contributed by atoms with Crippen LogP contribution in [0.25, 0.3) is 0 Å². The van der Waals surface area contributed by atoms with E-state index < -0.39 is 0 Å². The van der Waals surface area contributed by atoms with E-state index in [1.54, 1.807) is 7.05 Å². The molecule has 1 amide bonds. The molecule has 1 aliphatic rings. The molecule has 0 spiro atoms. The van der Waals surface area contributed by atoms with E-state index in [0.29, 0.717) is 5.13 Å². The van der Waals surface area contributed by atoms with Crippen LogP contribution in [0.2, 0.25) is 0 Å². The van der Waals surface area contributed by atoms with Crippen LogP contribution < -0.4 is 5.32 Å². The van der Waals surface area contributed by atoms with E-state index in [0.717, 1.165) is 24.5 Å². The van der Waals surface area contributed by atoms with Gasteiger partial charge in [-0.2, -0.15) is 0 Å². The Labute approximate surface area is 112 Å². The van der Waals surface area contributed by atoms with Crippen molar-refractivity contribution < 1.29 is 9.53 Å². The molecule has 0 bridgehead atoms. The number of anilines is 1. The second kappa shape index (κ2) is 5.02. The molecule has 0 radical (unpaired) electrons. The van der Waals surface area contributed by atoms with Gasteiger partial charge in [0.15, 0.2) is 5.69 Å². The minimum absolute atomic E-state index is 0.0136. The Kier molecular flexibility index (Phi) is 3.22. The van der Waals surface area contributed by atoms with Gasteiger partial charge in [-0.1, -0.05) is 16.6 Å². The highest BCUT2D eigenvalue weighted by Gasteiger charge is 2.22. The molecule has 1 fully saturated rings. The first kappa shape index (κ1) is 12.2. The quantitative estimate of drug-likeness (QED) is 0.892. The van der Waals surface area contributed by atoms with Crippen molar-refractivity contribution in [2.75, 3.05) is 11.9 Å². The second-order valence-corrected chi connectivity index (χ2v) is 5.19. The number of hydrogen-bond acceptors (Lipinski definition) is 7. The maximum absolute atomic E-state index is 11.8. The normalized spacial score (nSPS) is 18.7. The summed E-state index contributed by atoms with van der Waals surface area (Å²) >= 11 is 1.33. The highest BCUT2D eigenvalue weighted by molar-refractivity contribution is 7.15. The number of hydrogen-bond donors (Lipinski definition) is 1. The molecule has 1 saturated heterocycles. The van der Waals surface area contributed by atoms with E-state index in [1.165, 1.54) is 22.2 Å². The smallest absolute Gasteiger partial charge is 0.279 e. The number of nitrogens with one attached hydrogen (secondary N) is 1. The fraction of sp³-hybridized carbons (Fsp3) is 0.500. The molecule has 3 rings (SSSR count). The first-order valence-corrected chi connectivity index (χ1v) is 6.67. The van der Waals surface area contributed by atoms with Crippen molar-refractivity contribution in [3.05, 3.63) is 16.9 Å². The Hall–Kier alpha value is -1.87. The number of rotatable bonds is 3. The lowest BCUT2D eigenvalue weighted by molar-refractivity contribution is 0.102. The number of carbonyl (C=O) groups is 1. The lowest BCUT2D eigenvalue weighted by atomic mass is 10.2. The average Bonchev–Trinajstić information content (AvgIpc) is 3.07. The monoisotopic (exact) mass is 280 g/mol. The Morgan fingerprint density at radius 1 is 1.53 bits per heavy atom. The van der Waals surface area contributed by atoms with Gasteiger partial charge in [-0.25, -0.2) is 0 Å². The molecule has 9 heteroatoms. The third kappa shape index (κ3) is 2.61. The SMILES string of the molecule is Cn1cc(C(=O)Nc2nnc(C3CCCO3)s2)nn1. The van der Waals surface area contributed by atoms with Crippen LogP contribution in [-0.4, -0.2) is 37.7 Å². The third-order valence-corrected chi connectivity index (χ3v) is 3.63. The molecule has 1 aliphatic heterocycles. The van der Waals surface area contributed by atoms with Crippen LogP contribution in [0, 0.1) is 0 Å². The first-order chi connectivity index (χ1) is 9.22. The van der Waals surface area contributed by atoms with Gasteiger partial charge in [0.05, 0.1) is 6.20 Å². The van der Waals surface area contributed by atoms with Crippen molar-refractivity contribution in [2.45, 2.75) is 18.9 Å². The summed E-state index contributed by atoms with van der Waals surface area (Å²) in [4.78, 5) is 11.8.